The zero-order chi connectivity index (χ0) is 15.6. The first kappa shape index (κ1) is 15.6. The van der Waals surface area contributed by atoms with Crippen LogP contribution in [0.15, 0.2) is 4.90 Å². The van der Waals surface area contributed by atoms with E-state index in [1.54, 1.807) is 0 Å². The molecule has 1 unspecified atom stereocenters. The Morgan fingerprint density at radius 2 is 2.33 bits per heavy atom. The van der Waals surface area contributed by atoms with Gasteiger partial charge in [0.1, 0.15) is 12.4 Å². The van der Waals surface area contributed by atoms with Gasteiger partial charge >= 0.3 is 5.97 Å². The number of nitrogens with zero attached hydrogens (tertiary/aromatic N) is 2. The van der Waals surface area contributed by atoms with Gasteiger partial charge < -0.3 is 21.5 Å². The number of aromatic nitrogens is 2. The molecule has 1 aliphatic rings. The van der Waals surface area contributed by atoms with E-state index in [9.17, 15) is 13.2 Å². The standard InChI is InChI=1S/C11H19N5O4S/c1-21(19,20)9-10(12)16(6-8(17)18)15-11(9)14-7-3-2-4-13-5-7/h7,13H,2-6,12H2,1H3,(H,14,15)(H,17,18). The van der Waals surface area contributed by atoms with Gasteiger partial charge in [-0.15, -0.1) is 0 Å². The number of carboxylic acid groups (broad SMARTS) is 1. The minimum Gasteiger partial charge on any atom is -0.480 e. The fourth-order valence-corrected chi connectivity index (χ4v) is 3.27. The lowest BCUT2D eigenvalue weighted by Crippen LogP contribution is -2.38. The Bertz CT molecular complexity index is 633. The first-order valence-electron chi connectivity index (χ1n) is 6.54. The monoisotopic (exact) mass is 317 g/mol. The summed E-state index contributed by atoms with van der Waals surface area (Å²) in [6, 6.07) is 0.0341. The second kappa shape index (κ2) is 5.90. The molecule has 21 heavy (non-hydrogen) atoms. The van der Waals surface area contributed by atoms with Crippen LogP contribution in [0.25, 0.3) is 0 Å². The summed E-state index contributed by atoms with van der Waals surface area (Å²) in [4.78, 5) is 10.6. The van der Waals surface area contributed by atoms with Gasteiger partial charge in [0, 0.05) is 18.8 Å². The summed E-state index contributed by atoms with van der Waals surface area (Å²) < 4.78 is 24.7. The predicted octanol–water partition coefficient (Wildman–Crippen LogP) is -0.883. The van der Waals surface area contributed by atoms with Gasteiger partial charge in [0.25, 0.3) is 0 Å². The van der Waals surface area contributed by atoms with E-state index in [-0.39, 0.29) is 22.6 Å². The first-order chi connectivity index (χ1) is 9.79. The zero-order valence-electron chi connectivity index (χ0n) is 11.7. The van der Waals surface area contributed by atoms with Crippen LogP contribution in [0.4, 0.5) is 11.6 Å². The summed E-state index contributed by atoms with van der Waals surface area (Å²) in [5.41, 5.74) is 5.75. The lowest BCUT2D eigenvalue weighted by atomic mass is 10.1. The molecule has 9 nitrogen and oxygen atoms in total. The van der Waals surface area contributed by atoms with Crippen LogP contribution >= 0.6 is 0 Å². The van der Waals surface area contributed by atoms with Crippen LogP contribution in [0.3, 0.4) is 0 Å². The van der Waals surface area contributed by atoms with Gasteiger partial charge in [-0.3, -0.25) is 4.79 Å². The molecule has 1 aromatic heterocycles. The molecule has 2 rings (SSSR count). The maximum atomic E-state index is 11.9. The molecule has 0 amide bonds. The van der Waals surface area contributed by atoms with E-state index in [0.717, 1.165) is 30.3 Å². The third kappa shape index (κ3) is 3.64. The van der Waals surface area contributed by atoms with Crippen molar-refractivity contribution in [3.8, 4) is 0 Å². The summed E-state index contributed by atoms with van der Waals surface area (Å²) in [5.74, 6) is -1.19. The molecule has 10 heteroatoms. The van der Waals surface area contributed by atoms with E-state index in [0.29, 0.717) is 6.54 Å². The quantitative estimate of drug-likeness (QED) is 0.549. The lowest BCUT2D eigenvalue weighted by Gasteiger charge is -2.23. The molecule has 0 radical (unpaired) electrons. The molecule has 0 aliphatic carbocycles. The van der Waals surface area contributed by atoms with Crippen LogP contribution in [0.5, 0.6) is 0 Å². The zero-order valence-corrected chi connectivity index (χ0v) is 12.5. The maximum Gasteiger partial charge on any atom is 0.325 e. The van der Waals surface area contributed by atoms with Crippen LogP contribution in [0.2, 0.25) is 0 Å². The maximum absolute atomic E-state index is 11.9. The number of carboxylic acids is 1. The van der Waals surface area contributed by atoms with Crippen molar-refractivity contribution in [2.24, 2.45) is 0 Å². The molecule has 1 aromatic rings. The summed E-state index contributed by atoms with van der Waals surface area (Å²) in [7, 11) is -3.61. The molecule has 0 bridgehead atoms. The van der Waals surface area contributed by atoms with Crippen LogP contribution < -0.4 is 16.4 Å². The van der Waals surface area contributed by atoms with E-state index >= 15 is 0 Å². The molecule has 1 fully saturated rings. The van der Waals surface area contributed by atoms with Gasteiger partial charge in [0.15, 0.2) is 20.6 Å². The molecular formula is C11H19N5O4S. The van der Waals surface area contributed by atoms with Gasteiger partial charge in [-0.25, -0.2) is 13.1 Å². The van der Waals surface area contributed by atoms with E-state index in [1.807, 2.05) is 0 Å². The molecule has 1 saturated heterocycles. The summed E-state index contributed by atoms with van der Waals surface area (Å²) in [6.07, 6.45) is 2.87. The summed E-state index contributed by atoms with van der Waals surface area (Å²) >= 11 is 0. The SMILES string of the molecule is CS(=O)(=O)c1c(NC2CCCNC2)nn(CC(=O)O)c1N. The number of sulfone groups is 1. The Kier molecular flexibility index (Phi) is 4.37. The Hall–Kier alpha value is -1.81. The minimum absolute atomic E-state index is 0.0341. The highest BCUT2D eigenvalue weighted by atomic mass is 32.2. The molecule has 1 atom stereocenters. The van der Waals surface area contributed by atoms with Crippen LogP contribution in [0.1, 0.15) is 12.8 Å². The van der Waals surface area contributed by atoms with Crippen molar-refractivity contribution in [2.75, 3.05) is 30.4 Å². The Labute approximate surface area is 122 Å². The smallest absolute Gasteiger partial charge is 0.325 e. The number of rotatable bonds is 5. The lowest BCUT2D eigenvalue weighted by molar-refractivity contribution is -0.137. The topological polar surface area (TPSA) is 139 Å². The highest BCUT2D eigenvalue weighted by Gasteiger charge is 2.26. The Balaban J connectivity index is 2.35. The van der Waals surface area contributed by atoms with Crippen molar-refractivity contribution in [1.82, 2.24) is 15.1 Å². The second-order valence-corrected chi connectivity index (χ2v) is 7.03. The largest absolute Gasteiger partial charge is 0.480 e. The molecule has 0 aromatic carbocycles. The Morgan fingerprint density at radius 3 is 2.86 bits per heavy atom. The predicted molar refractivity (Wildman–Crippen MR) is 76.9 cm³/mol. The number of aliphatic carboxylic acids is 1. The number of nitrogen functional groups attached to an aromatic ring is 1. The van der Waals surface area contributed by atoms with Crippen molar-refractivity contribution in [3.05, 3.63) is 0 Å². The number of hydrogen-bond acceptors (Lipinski definition) is 7. The highest BCUT2D eigenvalue weighted by Crippen LogP contribution is 2.28. The van der Waals surface area contributed by atoms with Gasteiger partial charge in [-0.1, -0.05) is 0 Å². The third-order valence-electron chi connectivity index (χ3n) is 3.24. The average Bonchev–Trinajstić information content (AvgIpc) is 2.66. The summed E-state index contributed by atoms with van der Waals surface area (Å²) in [6.45, 7) is 1.13. The normalized spacial score (nSPS) is 19.4. The van der Waals surface area contributed by atoms with Crippen LogP contribution in [0, 0.1) is 0 Å². The van der Waals surface area contributed by atoms with Crippen molar-refractivity contribution in [1.29, 1.82) is 0 Å². The molecule has 0 spiro atoms. The number of nitrogens with two attached hydrogens (primary N) is 1. The van der Waals surface area contributed by atoms with Gasteiger partial charge in [-0.2, -0.15) is 5.10 Å². The first-order valence-corrected chi connectivity index (χ1v) is 8.43. The van der Waals surface area contributed by atoms with E-state index < -0.39 is 22.4 Å². The second-order valence-electron chi connectivity index (χ2n) is 5.07. The van der Waals surface area contributed by atoms with Crippen LogP contribution in [-0.4, -0.2) is 54.7 Å². The molecule has 5 N–H and O–H groups in total. The van der Waals surface area contributed by atoms with Crippen molar-refractivity contribution in [3.63, 3.8) is 0 Å². The number of nitrogens with one attached hydrogen (secondary N) is 2. The van der Waals surface area contributed by atoms with E-state index in [1.165, 1.54) is 0 Å². The van der Waals surface area contributed by atoms with E-state index in [2.05, 4.69) is 15.7 Å². The Morgan fingerprint density at radius 1 is 1.62 bits per heavy atom. The van der Waals surface area contributed by atoms with Crippen molar-refractivity contribution >= 4 is 27.4 Å². The molecule has 1 aliphatic heterocycles. The molecule has 2 heterocycles. The third-order valence-corrected chi connectivity index (χ3v) is 4.38. The van der Waals surface area contributed by atoms with Gasteiger partial charge in [0.05, 0.1) is 0 Å². The van der Waals surface area contributed by atoms with Crippen molar-refractivity contribution in [2.45, 2.75) is 30.3 Å². The minimum atomic E-state index is -3.61. The number of hydrogen-bond donors (Lipinski definition) is 4. The number of carbonyl (C=O) groups is 1. The van der Waals surface area contributed by atoms with Crippen molar-refractivity contribution < 1.29 is 18.3 Å². The van der Waals surface area contributed by atoms with Gasteiger partial charge in [-0.05, 0) is 19.4 Å². The molecular weight excluding hydrogens is 298 g/mol. The highest BCUT2D eigenvalue weighted by molar-refractivity contribution is 7.91. The fraction of sp³-hybridized carbons (Fsp3) is 0.636. The number of piperidine rings is 1. The average molecular weight is 317 g/mol. The molecule has 118 valence electrons. The van der Waals surface area contributed by atoms with E-state index in [4.69, 9.17) is 10.8 Å². The molecule has 0 saturated carbocycles. The van der Waals surface area contributed by atoms with Crippen LogP contribution in [-0.2, 0) is 21.2 Å². The number of anilines is 2. The van der Waals surface area contributed by atoms with Gasteiger partial charge in [0.2, 0.25) is 0 Å². The fourth-order valence-electron chi connectivity index (χ4n) is 2.34. The summed E-state index contributed by atoms with van der Waals surface area (Å²) in [5, 5.41) is 19.1.